The van der Waals surface area contributed by atoms with Crippen molar-refractivity contribution in [3.05, 3.63) is 73.4 Å². The molecule has 0 aromatic carbocycles. The van der Waals surface area contributed by atoms with E-state index in [1.165, 1.54) is 38.1 Å². The van der Waals surface area contributed by atoms with Crippen LogP contribution in [-0.4, -0.2) is 152 Å². The Hall–Kier alpha value is -5.78. The number of piperazine rings is 2. The molecule has 0 atom stereocenters. The lowest BCUT2D eigenvalue weighted by atomic mass is 10.1. The van der Waals surface area contributed by atoms with E-state index in [2.05, 4.69) is 45.9 Å². The van der Waals surface area contributed by atoms with Gasteiger partial charge in [0.1, 0.15) is 65.5 Å². The fourth-order valence-corrected chi connectivity index (χ4v) is 6.13. The zero-order valence-electron chi connectivity index (χ0n) is 34.2. The highest BCUT2D eigenvalue weighted by Crippen LogP contribution is 2.38. The first-order valence-corrected chi connectivity index (χ1v) is 19.0. The Balaban J connectivity index is 0.000000232. The maximum atomic E-state index is 12.6. The van der Waals surface area contributed by atoms with Gasteiger partial charge >= 0.3 is 42.3 Å². The van der Waals surface area contributed by atoms with Gasteiger partial charge in [0.2, 0.25) is 0 Å². The van der Waals surface area contributed by atoms with Gasteiger partial charge in [0.15, 0.2) is 25.6 Å². The number of ether oxygens (including phenoxy) is 3. The van der Waals surface area contributed by atoms with Crippen LogP contribution in [-0.2, 0) is 14.2 Å². The van der Waals surface area contributed by atoms with Gasteiger partial charge in [-0.1, -0.05) is 0 Å². The number of nitrogens with zero attached hydrogens (tertiary/aromatic N) is 8. The van der Waals surface area contributed by atoms with Gasteiger partial charge in [0, 0.05) is 64.0 Å². The minimum Gasteiger partial charge on any atom is -0.451 e. The number of aromatic nitrogens is 4. The summed E-state index contributed by atoms with van der Waals surface area (Å²) in [5, 5.41) is 0. The summed E-state index contributed by atoms with van der Waals surface area (Å²) in [4.78, 5) is 56.8. The number of halogens is 13. The Kier molecular flexibility index (Phi) is 17.4. The van der Waals surface area contributed by atoms with Crippen LogP contribution in [0.1, 0.15) is 55.6 Å². The van der Waals surface area contributed by atoms with Gasteiger partial charge in [0.05, 0.1) is 0 Å². The highest BCUT2D eigenvalue weighted by molar-refractivity contribution is 6.61. The highest BCUT2D eigenvalue weighted by Gasteiger charge is 2.61. The highest BCUT2D eigenvalue weighted by atomic mass is 35.5. The van der Waals surface area contributed by atoms with Crippen molar-refractivity contribution in [2.75, 3.05) is 52.4 Å². The molecule has 2 saturated heterocycles. The van der Waals surface area contributed by atoms with Crippen molar-refractivity contribution in [3.63, 3.8) is 0 Å². The quantitative estimate of drug-likeness (QED) is 0.0931. The molecule has 0 radical (unpaired) electrons. The predicted octanol–water partition coefficient (Wildman–Crippen LogP) is 8.16. The van der Waals surface area contributed by atoms with Crippen LogP contribution < -0.4 is 0 Å². The SMILES string of the molecule is CC(C)(C)OC(=O)N1CCN(C(c2cocn2)c2cocn2)CC1.O=C(Cl)OC(C(F)(F)F)C(F)(F)F.O=C(OC(C(F)(F)F)C(F)(F)F)N1CCN(C(c2cocn2)c2cocn2)CC1. The molecule has 4 aromatic rings. The van der Waals surface area contributed by atoms with Crippen LogP contribution in [0.15, 0.2) is 68.3 Å². The van der Waals surface area contributed by atoms with Crippen LogP contribution in [0.5, 0.6) is 0 Å². The molecule has 368 valence electrons. The molecular weight excluding hydrogens is 956 g/mol. The predicted molar refractivity (Wildman–Crippen MR) is 193 cm³/mol. The lowest BCUT2D eigenvalue weighted by Gasteiger charge is -2.38. The van der Waals surface area contributed by atoms with E-state index < -0.39 is 60.1 Å². The van der Waals surface area contributed by atoms with Crippen molar-refractivity contribution in [2.45, 2.75) is 75.4 Å². The molecule has 4 aromatic heterocycles. The summed E-state index contributed by atoms with van der Waals surface area (Å²) in [5.41, 5.74) is -0.157. The second-order valence-electron chi connectivity index (χ2n) is 14.7. The molecule has 0 aliphatic carbocycles. The van der Waals surface area contributed by atoms with Gasteiger partial charge in [-0.3, -0.25) is 9.80 Å². The Morgan fingerprint density at radius 3 is 1.03 bits per heavy atom. The Labute approximate surface area is 368 Å². The fourth-order valence-electron chi connectivity index (χ4n) is 6.04. The van der Waals surface area contributed by atoms with E-state index in [9.17, 15) is 67.1 Å². The van der Waals surface area contributed by atoms with Gasteiger partial charge in [-0.15, -0.1) is 0 Å². The van der Waals surface area contributed by atoms with Gasteiger partial charge in [0.25, 0.3) is 12.2 Å². The summed E-state index contributed by atoms with van der Waals surface area (Å²) in [5.74, 6) is 0. The third-order valence-electron chi connectivity index (χ3n) is 8.81. The van der Waals surface area contributed by atoms with E-state index in [1.807, 2.05) is 20.8 Å². The minimum absolute atomic E-state index is 0.113. The molecule has 0 saturated carbocycles. The number of hydrogen-bond acceptors (Lipinski definition) is 16. The summed E-state index contributed by atoms with van der Waals surface area (Å²) in [7, 11) is 0. The van der Waals surface area contributed by atoms with Crippen LogP contribution in [0.2, 0.25) is 0 Å². The van der Waals surface area contributed by atoms with Crippen LogP contribution in [0.25, 0.3) is 0 Å². The van der Waals surface area contributed by atoms with E-state index in [4.69, 9.17) is 22.4 Å². The fraction of sp³-hybridized carbons (Fsp3) is 0.571. The first-order chi connectivity index (χ1) is 30.6. The molecule has 6 rings (SSSR count). The summed E-state index contributed by atoms with van der Waals surface area (Å²) in [6, 6.07) is -0.674. The lowest BCUT2D eigenvalue weighted by Crippen LogP contribution is -2.53. The average Bonchev–Trinajstić information content (AvgIpc) is 4.05. The van der Waals surface area contributed by atoms with E-state index in [-0.39, 0.29) is 38.3 Å². The van der Waals surface area contributed by atoms with Gasteiger partial charge in [-0.05, 0) is 20.8 Å². The monoisotopic (exact) mass is 992 g/mol. The number of alkyl halides is 12. The van der Waals surface area contributed by atoms with Crippen molar-refractivity contribution >= 4 is 29.2 Å². The number of carbonyl (C=O) groups is 3. The van der Waals surface area contributed by atoms with Crippen molar-refractivity contribution in [2.24, 2.45) is 0 Å². The van der Waals surface area contributed by atoms with E-state index >= 15 is 0 Å². The number of hydrogen-bond donors (Lipinski definition) is 0. The smallest absolute Gasteiger partial charge is 0.434 e. The van der Waals surface area contributed by atoms with Crippen LogP contribution >= 0.6 is 11.6 Å². The zero-order chi connectivity index (χ0) is 49.3. The van der Waals surface area contributed by atoms with Gasteiger partial charge < -0.3 is 41.7 Å². The van der Waals surface area contributed by atoms with Gasteiger partial charge in [-0.2, -0.15) is 52.7 Å². The van der Waals surface area contributed by atoms with Crippen LogP contribution in [0.3, 0.4) is 0 Å². The lowest BCUT2D eigenvalue weighted by molar-refractivity contribution is -0.308. The molecule has 2 aliphatic heterocycles. The standard InChI is InChI=1S/C16H22N4O4.C15H14F6N4O4.C4HClF6O2/c1-16(2,3)24-15(21)20-6-4-19(5-7-20)14(12-8-22-10-17-12)13-9-23-11-18-13;16-14(17,18)12(15(19,20)21)29-13(26)25-3-1-24(2-4-25)11(9-5-27-7-22-9)10-6-28-8-23-10;5-2(12)13-1(3(6,7)8)4(9,10)11/h8-11,14H,4-7H2,1-3H3;5-8,11-12H,1-4H2;1H. The third kappa shape index (κ3) is 15.4. The average molecular weight is 993 g/mol. The first-order valence-electron chi connectivity index (χ1n) is 18.6. The van der Waals surface area contributed by atoms with E-state index in [0.717, 1.165) is 16.3 Å². The molecule has 18 nitrogen and oxygen atoms in total. The van der Waals surface area contributed by atoms with Crippen molar-refractivity contribution in [3.8, 4) is 0 Å². The summed E-state index contributed by atoms with van der Waals surface area (Å²) >= 11 is 4.22. The minimum atomic E-state index is -5.76. The van der Waals surface area contributed by atoms with Crippen LogP contribution in [0.4, 0.5) is 67.1 Å². The number of rotatable bonds is 8. The van der Waals surface area contributed by atoms with E-state index in [0.29, 0.717) is 37.6 Å². The molecule has 66 heavy (non-hydrogen) atoms. The maximum Gasteiger partial charge on any atom is 0.434 e. The molecule has 2 aliphatic rings. The molecule has 0 bridgehead atoms. The molecule has 0 spiro atoms. The maximum absolute atomic E-state index is 12.6. The second kappa shape index (κ2) is 21.7. The number of amides is 2. The molecule has 0 N–H and O–H groups in total. The Morgan fingerprint density at radius 2 is 0.803 bits per heavy atom. The summed E-state index contributed by atoms with van der Waals surface area (Å²) in [6.45, 7) is 8.05. The van der Waals surface area contributed by atoms with Gasteiger partial charge in [-0.25, -0.2) is 34.3 Å². The Morgan fingerprint density at radius 1 is 0.515 bits per heavy atom. The molecular formula is C35H37ClF12N8O10. The second-order valence-corrected chi connectivity index (χ2v) is 15.0. The first kappa shape index (κ1) is 52.8. The third-order valence-corrected chi connectivity index (χ3v) is 8.90. The molecule has 31 heteroatoms. The van der Waals surface area contributed by atoms with Crippen molar-refractivity contribution < 1.29 is 98.9 Å². The summed E-state index contributed by atoms with van der Waals surface area (Å²) in [6.07, 6.45) is -22.1. The van der Waals surface area contributed by atoms with Crippen LogP contribution in [0, 0.1) is 0 Å². The molecule has 2 amide bonds. The number of oxazole rings is 4. The van der Waals surface area contributed by atoms with E-state index in [1.54, 1.807) is 22.3 Å². The summed E-state index contributed by atoms with van der Waals surface area (Å²) < 4.78 is 177. The largest absolute Gasteiger partial charge is 0.451 e. The topological polar surface area (TPSA) is 196 Å². The zero-order valence-corrected chi connectivity index (χ0v) is 34.9. The Bertz CT molecular complexity index is 1970. The van der Waals surface area contributed by atoms with Crippen molar-refractivity contribution in [1.82, 2.24) is 39.5 Å². The molecule has 0 unspecified atom stereocenters. The molecule has 2 fully saturated rings. The number of carbonyl (C=O) groups excluding carboxylic acids is 3. The normalized spacial score (nSPS) is 15.9. The molecule has 6 heterocycles. The van der Waals surface area contributed by atoms with Crippen molar-refractivity contribution in [1.29, 1.82) is 0 Å².